The number of hydrogen-bond acceptors (Lipinski definition) is 4. The quantitative estimate of drug-likeness (QED) is 0.671. The van der Waals surface area contributed by atoms with Crippen LogP contribution in [0, 0.1) is 12.8 Å². The Bertz CT molecular complexity index is 762. The molecule has 0 atom stereocenters. The number of hydrogen-bond donors (Lipinski definition) is 1. The maximum Gasteiger partial charge on any atom is 0.184 e. The van der Waals surface area contributed by atoms with E-state index in [4.69, 9.17) is 4.74 Å². The van der Waals surface area contributed by atoms with Crippen molar-refractivity contribution in [1.82, 2.24) is 4.98 Å². The molecule has 0 saturated carbocycles. The molecule has 0 unspecified atom stereocenters. The fraction of sp³-hybridized carbons (Fsp3) is 0.316. The van der Waals surface area contributed by atoms with Crippen molar-refractivity contribution in [3.63, 3.8) is 0 Å². The van der Waals surface area contributed by atoms with Gasteiger partial charge in [0.1, 0.15) is 5.75 Å². The lowest BCUT2D eigenvalue weighted by atomic mass is 10.1. The summed E-state index contributed by atoms with van der Waals surface area (Å²) in [6.07, 6.45) is 0. The summed E-state index contributed by atoms with van der Waals surface area (Å²) in [5.41, 5.74) is 3.48. The minimum absolute atomic E-state index is 0.527. The maximum atomic E-state index is 5.90. The number of aromatic nitrogens is 1. The van der Waals surface area contributed by atoms with Gasteiger partial charge in [0, 0.05) is 6.54 Å². The number of para-hydroxylation sites is 1. The van der Waals surface area contributed by atoms with E-state index in [2.05, 4.69) is 49.3 Å². The summed E-state index contributed by atoms with van der Waals surface area (Å²) in [7, 11) is 0. The van der Waals surface area contributed by atoms with Crippen LogP contribution in [0.3, 0.4) is 0 Å². The standard InChI is InChI=1S/C19H22N2OS/c1-13(2)12-22-17-9-6-7-15(14(17)3)11-20-19-21-16-8-4-5-10-18(16)23-19/h4-10,13H,11-12H2,1-3H3,(H,20,21). The summed E-state index contributed by atoms with van der Waals surface area (Å²) >= 11 is 1.69. The minimum atomic E-state index is 0.527. The van der Waals surface area contributed by atoms with Gasteiger partial charge in [-0.05, 0) is 42.2 Å². The van der Waals surface area contributed by atoms with Gasteiger partial charge in [-0.2, -0.15) is 0 Å². The molecule has 0 fully saturated rings. The molecule has 0 saturated heterocycles. The highest BCUT2D eigenvalue weighted by Gasteiger charge is 2.07. The van der Waals surface area contributed by atoms with Crippen molar-refractivity contribution in [2.24, 2.45) is 5.92 Å². The average molecular weight is 326 g/mol. The van der Waals surface area contributed by atoms with E-state index in [-0.39, 0.29) is 0 Å². The van der Waals surface area contributed by atoms with Gasteiger partial charge in [0.05, 0.1) is 16.8 Å². The monoisotopic (exact) mass is 326 g/mol. The SMILES string of the molecule is Cc1c(CNc2nc3ccccc3s2)cccc1OCC(C)C. The maximum absolute atomic E-state index is 5.90. The number of anilines is 1. The molecule has 3 rings (SSSR count). The van der Waals surface area contributed by atoms with E-state index < -0.39 is 0 Å². The van der Waals surface area contributed by atoms with Crippen LogP contribution >= 0.6 is 11.3 Å². The third-order valence-electron chi connectivity index (χ3n) is 3.69. The predicted octanol–water partition coefficient (Wildman–Crippen LogP) is 5.25. The highest BCUT2D eigenvalue weighted by atomic mass is 32.1. The third kappa shape index (κ3) is 3.82. The number of nitrogens with zero attached hydrogens (tertiary/aromatic N) is 1. The van der Waals surface area contributed by atoms with Crippen LogP contribution in [-0.4, -0.2) is 11.6 Å². The molecule has 23 heavy (non-hydrogen) atoms. The zero-order chi connectivity index (χ0) is 16.2. The first kappa shape index (κ1) is 15.8. The van der Waals surface area contributed by atoms with Crippen LogP contribution < -0.4 is 10.1 Å². The van der Waals surface area contributed by atoms with Gasteiger partial charge in [0.15, 0.2) is 5.13 Å². The molecule has 2 aromatic carbocycles. The molecule has 0 aliphatic heterocycles. The Morgan fingerprint density at radius 1 is 1.13 bits per heavy atom. The van der Waals surface area contributed by atoms with Crippen molar-refractivity contribution in [3.8, 4) is 5.75 Å². The molecule has 0 amide bonds. The lowest BCUT2D eigenvalue weighted by molar-refractivity contribution is 0.269. The highest BCUT2D eigenvalue weighted by Crippen LogP contribution is 2.27. The molecule has 1 N–H and O–H groups in total. The van der Waals surface area contributed by atoms with Crippen LogP contribution in [0.1, 0.15) is 25.0 Å². The summed E-state index contributed by atoms with van der Waals surface area (Å²) in [5.74, 6) is 1.50. The lowest BCUT2D eigenvalue weighted by Crippen LogP contribution is -2.07. The van der Waals surface area contributed by atoms with E-state index in [1.807, 2.05) is 24.3 Å². The Balaban J connectivity index is 1.71. The van der Waals surface area contributed by atoms with Crippen LogP contribution in [0.5, 0.6) is 5.75 Å². The molecule has 4 heteroatoms. The van der Waals surface area contributed by atoms with Crippen LogP contribution in [0.25, 0.3) is 10.2 Å². The van der Waals surface area contributed by atoms with Gasteiger partial charge in [0.25, 0.3) is 0 Å². The van der Waals surface area contributed by atoms with E-state index in [0.29, 0.717) is 5.92 Å². The summed E-state index contributed by atoms with van der Waals surface area (Å²) in [6.45, 7) is 7.94. The van der Waals surface area contributed by atoms with Crippen molar-refractivity contribution < 1.29 is 4.74 Å². The normalized spacial score (nSPS) is 11.1. The van der Waals surface area contributed by atoms with Crippen LogP contribution in [-0.2, 0) is 6.54 Å². The van der Waals surface area contributed by atoms with Crippen molar-refractivity contribution in [2.75, 3.05) is 11.9 Å². The minimum Gasteiger partial charge on any atom is -0.493 e. The molecule has 1 aromatic heterocycles. The number of ether oxygens (including phenoxy) is 1. The van der Waals surface area contributed by atoms with Gasteiger partial charge in [-0.15, -0.1) is 0 Å². The molecule has 0 bridgehead atoms. The Labute approximate surface area is 141 Å². The number of benzene rings is 2. The smallest absolute Gasteiger partial charge is 0.184 e. The van der Waals surface area contributed by atoms with Crippen LogP contribution in [0.4, 0.5) is 5.13 Å². The van der Waals surface area contributed by atoms with Gasteiger partial charge in [-0.3, -0.25) is 0 Å². The van der Waals surface area contributed by atoms with Crippen LogP contribution in [0.15, 0.2) is 42.5 Å². The van der Waals surface area contributed by atoms with Gasteiger partial charge in [-0.25, -0.2) is 4.98 Å². The second-order valence-electron chi connectivity index (χ2n) is 6.09. The van der Waals surface area contributed by atoms with E-state index in [1.165, 1.54) is 15.8 Å². The van der Waals surface area contributed by atoms with E-state index >= 15 is 0 Å². The molecular formula is C19H22N2OS. The van der Waals surface area contributed by atoms with Crippen molar-refractivity contribution >= 4 is 26.7 Å². The molecule has 0 aliphatic rings. The first-order valence-electron chi connectivity index (χ1n) is 7.94. The molecular weight excluding hydrogens is 304 g/mol. The fourth-order valence-corrected chi connectivity index (χ4v) is 3.24. The number of nitrogens with one attached hydrogen (secondary N) is 1. The number of rotatable bonds is 6. The second kappa shape index (κ2) is 7.01. The summed E-state index contributed by atoms with van der Waals surface area (Å²) in [4.78, 5) is 4.62. The zero-order valence-electron chi connectivity index (χ0n) is 13.8. The number of thiazole rings is 1. The third-order valence-corrected chi connectivity index (χ3v) is 4.69. The summed E-state index contributed by atoms with van der Waals surface area (Å²) in [5, 5.41) is 4.39. The topological polar surface area (TPSA) is 34.2 Å². The van der Waals surface area contributed by atoms with Gasteiger partial charge in [-0.1, -0.05) is 49.4 Å². The first-order valence-corrected chi connectivity index (χ1v) is 8.76. The molecule has 0 radical (unpaired) electrons. The van der Waals surface area contributed by atoms with Crippen molar-refractivity contribution in [3.05, 3.63) is 53.6 Å². The van der Waals surface area contributed by atoms with Gasteiger partial charge in [0.2, 0.25) is 0 Å². The zero-order valence-corrected chi connectivity index (χ0v) is 14.6. The average Bonchev–Trinajstić information content (AvgIpc) is 2.95. The molecule has 3 nitrogen and oxygen atoms in total. The number of fused-ring (bicyclic) bond motifs is 1. The largest absolute Gasteiger partial charge is 0.493 e. The molecule has 1 heterocycles. The predicted molar refractivity (Wildman–Crippen MR) is 98.5 cm³/mol. The summed E-state index contributed by atoms with van der Waals surface area (Å²) in [6, 6.07) is 14.4. The van der Waals surface area contributed by atoms with Gasteiger partial charge < -0.3 is 10.1 Å². The highest BCUT2D eigenvalue weighted by molar-refractivity contribution is 7.22. The van der Waals surface area contributed by atoms with Gasteiger partial charge >= 0.3 is 0 Å². The lowest BCUT2D eigenvalue weighted by Gasteiger charge is -2.14. The Kier molecular flexibility index (Phi) is 4.82. The fourth-order valence-electron chi connectivity index (χ4n) is 2.38. The molecule has 120 valence electrons. The molecule has 0 spiro atoms. The van der Waals surface area contributed by atoms with E-state index in [0.717, 1.165) is 29.5 Å². The van der Waals surface area contributed by atoms with Crippen LogP contribution in [0.2, 0.25) is 0 Å². The second-order valence-corrected chi connectivity index (χ2v) is 7.12. The Hall–Kier alpha value is -2.07. The molecule has 3 aromatic rings. The summed E-state index contributed by atoms with van der Waals surface area (Å²) < 4.78 is 7.11. The van der Waals surface area contributed by atoms with Crippen molar-refractivity contribution in [1.29, 1.82) is 0 Å². The van der Waals surface area contributed by atoms with E-state index in [9.17, 15) is 0 Å². The van der Waals surface area contributed by atoms with E-state index in [1.54, 1.807) is 11.3 Å². The van der Waals surface area contributed by atoms with Crippen molar-refractivity contribution in [2.45, 2.75) is 27.3 Å². The first-order chi connectivity index (χ1) is 11.1. The Morgan fingerprint density at radius 2 is 1.96 bits per heavy atom. The Morgan fingerprint density at radius 3 is 2.74 bits per heavy atom. The molecule has 0 aliphatic carbocycles.